The number of benzene rings is 1. The van der Waals surface area contributed by atoms with E-state index in [1.54, 1.807) is 21.1 Å². The first-order valence-corrected chi connectivity index (χ1v) is 4.50. The Hall–Kier alpha value is -1.22. The average Bonchev–Trinajstić information content (AvgIpc) is 2.16. The first-order valence-electron chi connectivity index (χ1n) is 4.50. The number of hydrogen-bond acceptors (Lipinski definition) is 3. The SMILES string of the molecule is COc1cc(C)cc(C(C)O)c1OC. The summed E-state index contributed by atoms with van der Waals surface area (Å²) in [6, 6.07) is 3.77. The molecule has 0 heterocycles. The van der Waals surface area contributed by atoms with Crippen LogP contribution in [0.2, 0.25) is 0 Å². The van der Waals surface area contributed by atoms with E-state index in [-0.39, 0.29) is 0 Å². The summed E-state index contributed by atoms with van der Waals surface area (Å²) >= 11 is 0. The monoisotopic (exact) mass is 196 g/mol. The Balaban J connectivity index is 3.31. The van der Waals surface area contributed by atoms with Gasteiger partial charge < -0.3 is 14.6 Å². The van der Waals surface area contributed by atoms with Gasteiger partial charge in [0.1, 0.15) is 0 Å². The summed E-state index contributed by atoms with van der Waals surface area (Å²) in [5.41, 5.74) is 1.79. The van der Waals surface area contributed by atoms with E-state index in [0.717, 1.165) is 11.1 Å². The molecule has 78 valence electrons. The van der Waals surface area contributed by atoms with Gasteiger partial charge in [0.15, 0.2) is 11.5 Å². The molecule has 3 heteroatoms. The lowest BCUT2D eigenvalue weighted by Gasteiger charge is -2.15. The summed E-state index contributed by atoms with van der Waals surface area (Å²) in [5, 5.41) is 9.54. The molecule has 0 bridgehead atoms. The normalized spacial score (nSPS) is 12.4. The van der Waals surface area contributed by atoms with Gasteiger partial charge in [0, 0.05) is 5.56 Å². The van der Waals surface area contributed by atoms with Crippen molar-refractivity contribution in [1.82, 2.24) is 0 Å². The molecule has 0 radical (unpaired) electrons. The summed E-state index contributed by atoms with van der Waals surface area (Å²) in [6.07, 6.45) is -0.557. The molecule has 0 fully saturated rings. The third-order valence-electron chi connectivity index (χ3n) is 2.10. The highest BCUT2D eigenvalue weighted by Gasteiger charge is 2.14. The van der Waals surface area contributed by atoms with Gasteiger partial charge in [-0.1, -0.05) is 0 Å². The van der Waals surface area contributed by atoms with Gasteiger partial charge in [-0.2, -0.15) is 0 Å². The van der Waals surface area contributed by atoms with Crippen molar-refractivity contribution in [2.45, 2.75) is 20.0 Å². The molecule has 0 saturated carbocycles. The van der Waals surface area contributed by atoms with Crippen LogP contribution >= 0.6 is 0 Å². The molecule has 1 aromatic carbocycles. The quantitative estimate of drug-likeness (QED) is 0.804. The smallest absolute Gasteiger partial charge is 0.166 e. The van der Waals surface area contributed by atoms with Crippen molar-refractivity contribution in [2.75, 3.05) is 14.2 Å². The first-order chi connectivity index (χ1) is 6.60. The summed E-state index contributed by atoms with van der Waals surface area (Å²) < 4.78 is 10.4. The zero-order chi connectivity index (χ0) is 10.7. The molecule has 1 N–H and O–H groups in total. The van der Waals surface area contributed by atoms with E-state index in [2.05, 4.69) is 0 Å². The Morgan fingerprint density at radius 2 is 1.86 bits per heavy atom. The molecule has 0 aliphatic heterocycles. The van der Waals surface area contributed by atoms with Gasteiger partial charge in [0.25, 0.3) is 0 Å². The molecule has 14 heavy (non-hydrogen) atoms. The van der Waals surface area contributed by atoms with E-state index >= 15 is 0 Å². The number of ether oxygens (including phenoxy) is 2. The van der Waals surface area contributed by atoms with Crippen molar-refractivity contribution in [3.8, 4) is 11.5 Å². The third-order valence-corrected chi connectivity index (χ3v) is 2.10. The van der Waals surface area contributed by atoms with E-state index in [4.69, 9.17) is 9.47 Å². The van der Waals surface area contributed by atoms with Gasteiger partial charge in [-0.25, -0.2) is 0 Å². The number of aryl methyl sites for hydroxylation is 1. The third kappa shape index (κ3) is 1.99. The van der Waals surface area contributed by atoms with Gasteiger partial charge >= 0.3 is 0 Å². The molecular formula is C11H16O3. The predicted molar refractivity (Wildman–Crippen MR) is 54.9 cm³/mol. The highest BCUT2D eigenvalue weighted by molar-refractivity contribution is 5.50. The molecule has 0 aliphatic rings. The highest BCUT2D eigenvalue weighted by atomic mass is 16.5. The standard InChI is InChI=1S/C11H16O3/c1-7-5-9(8(2)12)11(14-4)10(6-7)13-3/h5-6,8,12H,1-4H3. The summed E-state index contributed by atoms with van der Waals surface area (Å²) in [7, 11) is 3.15. The second-order valence-electron chi connectivity index (χ2n) is 3.27. The summed E-state index contributed by atoms with van der Waals surface area (Å²) in [6.45, 7) is 3.66. The summed E-state index contributed by atoms with van der Waals surface area (Å²) in [4.78, 5) is 0. The lowest BCUT2D eigenvalue weighted by atomic mass is 10.1. The topological polar surface area (TPSA) is 38.7 Å². The molecule has 0 aliphatic carbocycles. The lowest BCUT2D eigenvalue weighted by Crippen LogP contribution is -2.00. The van der Waals surface area contributed by atoms with Crippen molar-refractivity contribution in [3.05, 3.63) is 23.3 Å². The van der Waals surface area contributed by atoms with E-state index in [1.165, 1.54) is 0 Å². The van der Waals surface area contributed by atoms with Crippen molar-refractivity contribution in [3.63, 3.8) is 0 Å². The second kappa shape index (κ2) is 4.33. The minimum atomic E-state index is -0.557. The summed E-state index contributed by atoms with van der Waals surface area (Å²) in [5.74, 6) is 1.26. The van der Waals surface area contributed by atoms with Crippen LogP contribution in [0.4, 0.5) is 0 Å². The molecule has 0 amide bonds. The van der Waals surface area contributed by atoms with Gasteiger partial charge in [0.2, 0.25) is 0 Å². The van der Waals surface area contributed by atoms with Crippen molar-refractivity contribution in [1.29, 1.82) is 0 Å². The van der Waals surface area contributed by atoms with Gasteiger partial charge in [-0.05, 0) is 31.5 Å². The molecule has 1 atom stereocenters. The minimum absolute atomic E-state index is 0.557. The van der Waals surface area contributed by atoms with Gasteiger partial charge in [-0.15, -0.1) is 0 Å². The van der Waals surface area contributed by atoms with E-state index < -0.39 is 6.10 Å². The number of methoxy groups -OCH3 is 2. The molecule has 0 spiro atoms. The van der Waals surface area contributed by atoms with E-state index in [0.29, 0.717) is 11.5 Å². The fraction of sp³-hybridized carbons (Fsp3) is 0.455. The maximum Gasteiger partial charge on any atom is 0.166 e. The zero-order valence-electron chi connectivity index (χ0n) is 9.00. The zero-order valence-corrected chi connectivity index (χ0v) is 9.00. The van der Waals surface area contributed by atoms with Gasteiger partial charge in [0.05, 0.1) is 20.3 Å². The molecular weight excluding hydrogens is 180 g/mol. The van der Waals surface area contributed by atoms with Crippen LogP contribution in [-0.4, -0.2) is 19.3 Å². The Morgan fingerprint density at radius 3 is 2.29 bits per heavy atom. The average molecular weight is 196 g/mol. The van der Waals surface area contributed by atoms with Crippen LogP contribution < -0.4 is 9.47 Å². The van der Waals surface area contributed by atoms with E-state index in [9.17, 15) is 5.11 Å². The molecule has 0 aromatic heterocycles. The fourth-order valence-electron chi connectivity index (χ4n) is 1.45. The van der Waals surface area contributed by atoms with Crippen LogP contribution in [0.3, 0.4) is 0 Å². The highest BCUT2D eigenvalue weighted by Crippen LogP contribution is 2.35. The number of rotatable bonds is 3. The van der Waals surface area contributed by atoms with Crippen LogP contribution in [-0.2, 0) is 0 Å². The number of aliphatic hydroxyl groups is 1. The Labute approximate surface area is 84.3 Å². The second-order valence-corrected chi connectivity index (χ2v) is 3.27. The Kier molecular flexibility index (Phi) is 3.36. The van der Waals surface area contributed by atoms with Crippen molar-refractivity contribution >= 4 is 0 Å². The Morgan fingerprint density at radius 1 is 1.21 bits per heavy atom. The predicted octanol–water partition coefficient (Wildman–Crippen LogP) is 2.07. The number of hydrogen-bond donors (Lipinski definition) is 1. The van der Waals surface area contributed by atoms with Crippen LogP contribution in [0.1, 0.15) is 24.2 Å². The first kappa shape index (κ1) is 10.9. The van der Waals surface area contributed by atoms with Crippen molar-refractivity contribution < 1.29 is 14.6 Å². The minimum Gasteiger partial charge on any atom is -0.493 e. The maximum atomic E-state index is 9.54. The molecule has 1 unspecified atom stereocenters. The van der Waals surface area contributed by atoms with Gasteiger partial charge in [-0.3, -0.25) is 0 Å². The maximum absolute atomic E-state index is 9.54. The van der Waals surface area contributed by atoms with Crippen LogP contribution in [0.15, 0.2) is 12.1 Å². The van der Waals surface area contributed by atoms with E-state index in [1.807, 2.05) is 19.1 Å². The molecule has 3 nitrogen and oxygen atoms in total. The van der Waals surface area contributed by atoms with Crippen molar-refractivity contribution in [2.24, 2.45) is 0 Å². The molecule has 1 aromatic rings. The lowest BCUT2D eigenvalue weighted by molar-refractivity contribution is 0.193. The number of aliphatic hydroxyl groups excluding tert-OH is 1. The Bertz CT molecular complexity index is 319. The van der Waals surface area contributed by atoms with Crippen LogP contribution in [0, 0.1) is 6.92 Å². The largest absolute Gasteiger partial charge is 0.493 e. The molecule has 0 saturated heterocycles. The fourth-order valence-corrected chi connectivity index (χ4v) is 1.45. The van der Waals surface area contributed by atoms with Crippen LogP contribution in [0.25, 0.3) is 0 Å². The molecule has 1 rings (SSSR count). The van der Waals surface area contributed by atoms with Crippen LogP contribution in [0.5, 0.6) is 11.5 Å².